The zero-order valence-electron chi connectivity index (χ0n) is 36.4. The van der Waals surface area contributed by atoms with Gasteiger partial charge in [0, 0.05) is 31.4 Å². The van der Waals surface area contributed by atoms with E-state index >= 15 is 0 Å². The smallest absolute Gasteiger partial charge is 0.407 e. The summed E-state index contributed by atoms with van der Waals surface area (Å²) < 4.78 is 9.64. The van der Waals surface area contributed by atoms with Gasteiger partial charge in [0.1, 0.15) is 12.1 Å². The van der Waals surface area contributed by atoms with Crippen LogP contribution in [0.15, 0.2) is 88.6 Å². The second-order valence-electron chi connectivity index (χ2n) is 17.9. The van der Waals surface area contributed by atoms with E-state index in [-0.39, 0.29) is 35.7 Å². The molecule has 61 heavy (non-hydrogen) atoms. The lowest BCUT2D eigenvalue weighted by atomic mass is 9.93. The van der Waals surface area contributed by atoms with Crippen LogP contribution in [0.1, 0.15) is 96.6 Å². The first kappa shape index (κ1) is 42.0. The van der Waals surface area contributed by atoms with E-state index < -0.39 is 24.3 Å². The van der Waals surface area contributed by atoms with Crippen LogP contribution in [-0.4, -0.2) is 91.0 Å². The fourth-order valence-corrected chi connectivity index (χ4v) is 10.3. The molecule has 2 saturated heterocycles. The van der Waals surface area contributed by atoms with E-state index in [2.05, 4.69) is 71.3 Å². The van der Waals surface area contributed by atoms with Crippen molar-refractivity contribution in [2.45, 2.75) is 110 Å². The predicted molar refractivity (Wildman–Crippen MR) is 240 cm³/mol. The van der Waals surface area contributed by atoms with Gasteiger partial charge in [0.25, 0.3) is 0 Å². The van der Waals surface area contributed by atoms with Gasteiger partial charge in [-0.25, -0.2) is 9.59 Å². The van der Waals surface area contributed by atoms with Crippen molar-refractivity contribution in [2.75, 3.05) is 27.3 Å². The van der Waals surface area contributed by atoms with Crippen LogP contribution in [0.3, 0.4) is 0 Å². The molecule has 0 bridgehead atoms. The zero-order chi connectivity index (χ0) is 42.9. The Kier molecular flexibility index (Phi) is 12.2. The van der Waals surface area contributed by atoms with Gasteiger partial charge in [0.05, 0.1) is 26.3 Å². The number of hydrogen-bond donors (Lipinski definition) is 2. The summed E-state index contributed by atoms with van der Waals surface area (Å²) in [6, 6.07) is 20.9. The van der Waals surface area contributed by atoms with Crippen LogP contribution < -0.4 is 10.6 Å². The van der Waals surface area contributed by atoms with Crippen molar-refractivity contribution in [3.05, 3.63) is 94.7 Å². The van der Waals surface area contributed by atoms with E-state index in [1.165, 1.54) is 42.1 Å². The number of carbonyl (C=O) groups excluding carboxylic acids is 4. The molecule has 4 atom stereocenters. The van der Waals surface area contributed by atoms with Crippen molar-refractivity contribution >= 4 is 51.6 Å². The third-order valence-corrected chi connectivity index (χ3v) is 13.5. The summed E-state index contributed by atoms with van der Waals surface area (Å²) in [6.45, 7) is 9.13. The Morgan fingerprint density at radius 3 is 1.75 bits per heavy atom. The Bertz CT molecular complexity index is 2360. The molecule has 2 N–H and O–H groups in total. The Morgan fingerprint density at radius 1 is 0.623 bits per heavy atom. The molecule has 0 aromatic heterocycles. The Hall–Kier alpha value is -5.71. The van der Waals surface area contributed by atoms with Gasteiger partial charge in [-0.05, 0) is 136 Å². The van der Waals surface area contributed by atoms with Crippen molar-refractivity contribution in [1.29, 1.82) is 0 Å². The molecule has 5 aliphatic rings. The van der Waals surface area contributed by atoms with E-state index in [1.54, 1.807) is 0 Å². The maximum Gasteiger partial charge on any atom is 0.407 e. The molecule has 0 spiro atoms. The number of fused-ring (bicyclic) bond motifs is 2. The van der Waals surface area contributed by atoms with Crippen molar-refractivity contribution < 1.29 is 28.7 Å². The topological polar surface area (TPSA) is 130 Å². The minimum absolute atomic E-state index is 0.0207. The van der Waals surface area contributed by atoms with Gasteiger partial charge in [-0.15, -0.1) is 0 Å². The summed E-state index contributed by atoms with van der Waals surface area (Å²) in [5.74, 6) is -0.244. The highest BCUT2D eigenvalue weighted by Crippen LogP contribution is 2.50. The molecular weight excluding hydrogens is 767 g/mol. The number of nitrogens with one attached hydrogen (secondary N) is 2. The van der Waals surface area contributed by atoms with Crippen LogP contribution in [0.5, 0.6) is 0 Å². The summed E-state index contributed by atoms with van der Waals surface area (Å²) in [7, 11) is 2.64. The third-order valence-electron chi connectivity index (χ3n) is 13.5. The molecule has 0 radical (unpaired) electrons. The predicted octanol–water partition coefficient (Wildman–Crippen LogP) is 9.07. The first-order chi connectivity index (χ1) is 29.4. The molecule has 11 nitrogen and oxygen atoms in total. The largest absolute Gasteiger partial charge is 0.453 e. The van der Waals surface area contributed by atoms with E-state index in [0.717, 1.165) is 90.1 Å². The van der Waals surface area contributed by atoms with Crippen molar-refractivity contribution in [3.63, 3.8) is 0 Å². The lowest BCUT2D eigenvalue weighted by Gasteiger charge is -2.32. The van der Waals surface area contributed by atoms with Gasteiger partial charge in [0.15, 0.2) is 0 Å². The van der Waals surface area contributed by atoms with Gasteiger partial charge >= 0.3 is 12.2 Å². The fraction of sp³-hybridized carbons (Fsp3) is 0.460. The number of ether oxygens (including phenoxy) is 2. The van der Waals surface area contributed by atoms with Crippen LogP contribution in [-0.2, 0) is 19.1 Å². The Balaban J connectivity index is 0.929. The highest BCUT2D eigenvalue weighted by atomic mass is 16.5. The second kappa shape index (κ2) is 17.7. The molecular formula is C50H59N5O6. The van der Waals surface area contributed by atoms with Gasteiger partial charge in [-0.2, -0.15) is 0 Å². The number of allylic oxidation sites excluding steroid dienone is 4. The summed E-state index contributed by atoms with van der Waals surface area (Å²) in [4.78, 5) is 60.5. The summed E-state index contributed by atoms with van der Waals surface area (Å²) in [5, 5.41) is 7.85. The highest BCUT2D eigenvalue weighted by molar-refractivity contribution is 6.04. The number of alkyl carbamates (subject to hydrolysis) is 2. The van der Waals surface area contributed by atoms with Gasteiger partial charge in [-0.3, -0.25) is 14.6 Å². The molecule has 3 aromatic carbocycles. The fourth-order valence-electron chi connectivity index (χ4n) is 10.3. The standard InChI is InChI=1S/C50H59N5O6/c1-29(2)45(52-49(58)60-5)47(56)54-22-8-12-43(54)41-27-40(38-10-7-11-39(38)41)32-16-14-31(15-17-32)33-18-19-35-25-36(21-20-34(35)24-33)37-26-42(51-28-37)44-13-9-23-55(44)48(57)46(30(3)4)53-50(59)61-6/h14-21,24-25,28-30,43-46H,7-13,22-23,26-27H2,1-6H3,(H,52,58)(H,53,59)/t43?,44?,45-,46-/m0/s1. The molecule has 3 aliphatic heterocycles. The first-order valence-electron chi connectivity index (χ1n) is 22.1. The van der Waals surface area contributed by atoms with Gasteiger partial charge < -0.3 is 29.9 Å². The Labute approximate surface area is 359 Å². The maximum absolute atomic E-state index is 13.9. The van der Waals surface area contributed by atoms with Crippen molar-refractivity contribution in [2.24, 2.45) is 16.8 Å². The van der Waals surface area contributed by atoms with Crippen LogP contribution in [0.2, 0.25) is 0 Å². The number of aliphatic imine (C=N–C) groups is 1. The minimum atomic E-state index is -0.654. The molecule has 3 aromatic rings. The highest BCUT2D eigenvalue weighted by Gasteiger charge is 2.42. The number of likely N-dealkylation sites (tertiary alicyclic amines) is 2. The van der Waals surface area contributed by atoms with Gasteiger partial charge in [0.2, 0.25) is 11.8 Å². The summed E-state index contributed by atoms with van der Waals surface area (Å²) in [6.07, 6.45) is 9.23. The Morgan fingerprint density at radius 2 is 1.15 bits per heavy atom. The van der Waals surface area contributed by atoms with E-state index in [9.17, 15) is 19.2 Å². The van der Waals surface area contributed by atoms with Crippen LogP contribution in [0.4, 0.5) is 9.59 Å². The molecule has 3 heterocycles. The molecule has 2 unspecified atom stereocenters. The van der Waals surface area contributed by atoms with Gasteiger partial charge in [-0.1, -0.05) is 76.2 Å². The molecule has 1 saturated carbocycles. The van der Waals surface area contributed by atoms with Crippen molar-refractivity contribution in [3.8, 4) is 11.1 Å². The number of benzene rings is 3. The maximum atomic E-state index is 13.9. The third kappa shape index (κ3) is 8.36. The van der Waals surface area contributed by atoms with E-state index in [1.807, 2.05) is 43.7 Å². The monoisotopic (exact) mass is 825 g/mol. The number of hydrogen-bond acceptors (Lipinski definition) is 7. The minimum Gasteiger partial charge on any atom is -0.453 e. The number of amides is 4. The SMILES string of the molecule is COC(=O)N[C@H](C(=O)N1CCCC1C1=NC=C(c2ccc3cc(-c4ccc(C5=C6CCCC6=C(C6CCCN6C(=O)[C@@H](NC(=O)OC)C(C)C)C5)cc4)ccc3c2)C1)C(C)C. The van der Waals surface area contributed by atoms with E-state index in [4.69, 9.17) is 14.5 Å². The average molecular weight is 826 g/mol. The van der Waals surface area contributed by atoms with Crippen molar-refractivity contribution in [1.82, 2.24) is 20.4 Å². The number of nitrogens with zero attached hydrogens (tertiary/aromatic N) is 3. The lowest BCUT2D eigenvalue weighted by Crippen LogP contribution is -2.53. The molecule has 2 aliphatic carbocycles. The molecule has 3 fully saturated rings. The molecule has 11 heteroatoms. The molecule has 320 valence electrons. The average Bonchev–Trinajstić information content (AvgIpc) is 4.12. The van der Waals surface area contributed by atoms with Crippen LogP contribution in [0.25, 0.3) is 33.0 Å². The first-order valence-corrected chi connectivity index (χ1v) is 22.1. The number of methoxy groups -OCH3 is 2. The van der Waals surface area contributed by atoms with Crippen LogP contribution in [0, 0.1) is 11.8 Å². The molecule has 4 amide bonds. The molecule has 8 rings (SSSR count). The summed E-state index contributed by atoms with van der Waals surface area (Å²) >= 11 is 0. The number of carbonyl (C=O) groups is 4. The van der Waals surface area contributed by atoms with E-state index in [0.29, 0.717) is 19.5 Å². The lowest BCUT2D eigenvalue weighted by molar-refractivity contribution is -0.135. The van der Waals surface area contributed by atoms with Crippen LogP contribution >= 0.6 is 0 Å². The number of rotatable bonds is 11. The second-order valence-corrected chi connectivity index (χ2v) is 17.9. The summed E-state index contributed by atoms with van der Waals surface area (Å²) in [5.41, 5.74) is 12.5. The zero-order valence-corrected chi connectivity index (χ0v) is 36.4. The normalized spacial score (nSPS) is 21.0. The quantitative estimate of drug-likeness (QED) is 0.199.